The van der Waals surface area contributed by atoms with Gasteiger partial charge in [0.25, 0.3) is 0 Å². The van der Waals surface area contributed by atoms with E-state index in [4.69, 9.17) is 4.74 Å². The second-order valence-corrected chi connectivity index (χ2v) is 6.37. The lowest BCUT2D eigenvalue weighted by atomic mass is 10.1. The van der Waals surface area contributed by atoms with E-state index in [1.54, 1.807) is 11.9 Å². The summed E-state index contributed by atoms with van der Waals surface area (Å²) in [6.07, 6.45) is 3.65. The van der Waals surface area contributed by atoms with Crippen LogP contribution in [0.4, 0.5) is 4.79 Å². The quantitative estimate of drug-likeness (QED) is 0.840. The van der Waals surface area contributed by atoms with Crippen molar-refractivity contribution in [2.75, 3.05) is 20.1 Å². The van der Waals surface area contributed by atoms with E-state index in [1.807, 2.05) is 20.8 Å². The van der Waals surface area contributed by atoms with Crippen LogP contribution in [0, 0.1) is 5.92 Å². The van der Waals surface area contributed by atoms with Gasteiger partial charge < -0.3 is 15.0 Å². The minimum atomic E-state index is -0.418. The molecule has 0 aromatic heterocycles. The third-order valence-corrected chi connectivity index (χ3v) is 3.42. The van der Waals surface area contributed by atoms with Gasteiger partial charge in [-0.1, -0.05) is 13.3 Å². The van der Waals surface area contributed by atoms with Crippen LogP contribution in [-0.4, -0.2) is 42.8 Å². The summed E-state index contributed by atoms with van der Waals surface area (Å²) >= 11 is 0. The summed E-state index contributed by atoms with van der Waals surface area (Å²) in [5, 5.41) is 3.53. The molecule has 0 spiro atoms. The maximum atomic E-state index is 11.7. The van der Waals surface area contributed by atoms with Crippen LogP contribution in [-0.2, 0) is 4.74 Å². The average molecular weight is 256 g/mol. The first-order valence-electron chi connectivity index (χ1n) is 6.97. The third-order valence-electron chi connectivity index (χ3n) is 3.42. The van der Waals surface area contributed by atoms with Crippen LogP contribution in [0.25, 0.3) is 0 Å². The zero-order valence-corrected chi connectivity index (χ0v) is 12.5. The van der Waals surface area contributed by atoms with Crippen LogP contribution in [0.3, 0.4) is 0 Å². The first-order valence-corrected chi connectivity index (χ1v) is 6.97. The van der Waals surface area contributed by atoms with Crippen LogP contribution in [0.5, 0.6) is 0 Å². The van der Waals surface area contributed by atoms with E-state index >= 15 is 0 Å². The molecule has 0 saturated heterocycles. The van der Waals surface area contributed by atoms with Crippen molar-refractivity contribution in [2.45, 2.75) is 58.6 Å². The van der Waals surface area contributed by atoms with Gasteiger partial charge in [-0.3, -0.25) is 0 Å². The number of carbonyl (C=O) groups is 1. The van der Waals surface area contributed by atoms with Crippen molar-refractivity contribution in [3.63, 3.8) is 0 Å². The Morgan fingerprint density at radius 1 is 1.39 bits per heavy atom. The van der Waals surface area contributed by atoms with Gasteiger partial charge in [0.05, 0.1) is 0 Å². The molecule has 106 valence electrons. The summed E-state index contributed by atoms with van der Waals surface area (Å²) in [5.74, 6) is 0.761. The standard InChI is InChI=1S/C14H28N2O2/c1-11-7-6-8-12(11)15-9-10-16(5)13(17)18-14(2,3)4/h11-12,15H,6-10H2,1-5H3. The molecule has 0 radical (unpaired) electrons. The second-order valence-electron chi connectivity index (χ2n) is 6.37. The molecule has 4 heteroatoms. The highest BCUT2D eigenvalue weighted by atomic mass is 16.6. The molecular weight excluding hydrogens is 228 g/mol. The van der Waals surface area contributed by atoms with E-state index in [1.165, 1.54) is 19.3 Å². The predicted octanol–water partition coefficient (Wildman–Crippen LogP) is 2.63. The minimum Gasteiger partial charge on any atom is -0.444 e. The first-order chi connectivity index (χ1) is 8.29. The summed E-state index contributed by atoms with van der Waals surface area (Å²) in [4.78, 5) is 13.4. The lowest BCUT2D eigenvalue weighted by Crippen LogP contribution is -2.41. The molecule has 2 unspecified atom stereocenters. The van der Waals surface area contributed by atoms with Crippen molar-refractivity contribution in [3.05, 3.63) is 0 Å². The van der Waals surface area contributed by atoms with Crippen molar-refractivity contribution in [3.8, 4) is 0 Å². The molecule has 1 fully saturated rings. The largest absolute Gasteiger partial charge is 0.444 e. The number of hydrogen-bond acceptors (Lipinski definition) is 3. The monoisotopic (exact) mass is 256 g/mol. The van der Waals surface area contributed by atoms with E-state index in [0.717, 1.165) is 12.5 Å². The van der Waals surface area contributed by atoms with Crippen LogP contribution in [0.2, 0.25) is 0 Å². The van der Waals surface area contributed by atoms with Crippen LogP contribution >= 0.6 is 0 Å². The molecule has 4 nitrogen and oxygen atoms in total. The van der Waals surface area contributed by atoms with Crippen LogP contribution in [0.1, 0.15) is 47.0 Å². The van der Waals surface area contributed by atoms with Crippen molar-refractivity contribution in [1.29, 1.82) is 0 Å². The summed E-state index contributed by atoms with van der Waals surface area (Å²) in [6.45, 7) is 9.48. The fourth-order valence-electron chi connectivity index (χ4n) is 2.30. The second kappa shape index (κ2) is 6.41. The van der Waals surface area contributed by atoms with Gasteiger partial charge in [-0.2, -0.15) is 0 Å². The zero-order valence-electron chi connectivity index (χ0n) is 12.5. The van der Waals surface area contributed by atoms with E-state index < -0.39 is 5.60 Å². The Morgan fingerprint density at radius 3 is 2.56 bits per heavy atom. The Hall–Kier alpha value is -0.770. The topological polar surface area (TPSA) is 41.6 Å². The van der Waals surface area contributed by atoms with Crippen molar-refractivity contribution >= 4 is 6.09 Å². The van der Waals surface area contributed by atoms with Gasteiger partial charge in [-0.25, -0.2) is 4.79 Å². The van der Waals surface area contributed by atoms with Gasteiger partial charge in [0.2, 0.25) is 0 Å². The lowest BCUT2D eigenvalue weighted by Gasteiger charge is -2.25. The summed E-state index contributed by atoms with van der Waals surface area (Å²) in [7, 11) is 1.79. The highest BCUT2D eigenvalue weighted by Crippen LogP contribution is 2.24. The normalized spacial score (nSPS) is 24.1. The molecule has 0 aromatic rings. The van der Waals surface area contributed by atoms with Gasteiger partial charge in [-0.05, 0) is 39.5 Å². The van der Waals surface area contributed by atoms with Gasteiger partial charge in [0.15, 0.2) is 0 Å². The Kier molecular flexibility index (Phi) is 5.45. The summed E-state index contributed by atoms with van der Waals surface area (Å²) in [5.41, 5.74) is -0.418. The van der Waals surface area contributed by atoms with Crippen molar-refractivity contribution < 1.29 is 9.53 Å². The van der Waals surface area contributed by atoms with E-state index in [0.29, 0.717) is 12.6 Å². The molecule has 1 N–H and O–H groups in total. The molecule has 1 aliphatic rings. The Labute approximate surface area is 111 Å². The summed E-state index contributed by atoms with van der Waals surface area (Å²) < 4.78 is 5.30. The number of nitrogens with zero attached hydrogens (tertiary/aromatic N) is 1. The number of likely N-dealkylation sites (N-methyl/N-ethyl adjacent to an activating group) is 1. The first kappa shape index (κ1) is 15.3. The molecule has 0 heterocycles. The maximum Gasteiger partial charge on any atom is 0.410 e. The van der Waals surface area contributed by atoms with E-state index in [2.05, 4.69) is 12.2 Å². The fourth-order valence-corrected chi connectivity index (χ4v) is 2.30. The van der Waals surface area contributed by atoms with E-state index in [9.17, 15) is 4.79 Å². The Morgan fingerprint density at radius 2 is 2.06 bits per heavy atom. The average Bonchev–Trinajstić information content (AvgIpc) is 2.62. The molecule has 1 aliphatic carbocycles. The van der Waals surface area contributed by atoms with Crippen LogP contribution in [0.15, 0.2) is 0 Å². The Bertz CT molecular complexity index is 273. The third kappa shape index (κ3) is 5.25. The molecule has 0 aliphatic heterocycles. The molecule has 0 bridgehead atoms. The predicted molar refractivity (Wildman–Crippen MR) is 73.7 cm³/mol. The van der Waals surface area contributed by atoms with Gasteiger partial charge >= 0.3 is 6.09 Å². The van der Waals surface area contributed by atoms with Crippen LogP contribution < -0.4 is 5.32 Å². The van der Waals surface area contributed by atoms with Gasteiger partial charge in [-0.15, -0.1) is 0 Å². The van der Waals surface area contributed by atoms with Crippen molar-refractivity contribution in [2.24, 2.45) is 5.92 Å². The van der Waals surface area contributed by atoms with Gasteiger partial charge in [0, 0.05) is 26.2 Å². The Balaban J connectivity index is 2.20. The molecule has 1 rings (SSSR count). The van der Waals surface area contributed by atoms with Crippen molar-refractivity contribution in [1.82, 2.24) is 10.2 Å². The fraction of sp³-hybridized carbons (Fsp3) is 0.929. The molecule has 0 aromatic carbocycles. The smallest absolute Gasteiger partial charge is 0.410 e. The minimum absolute atomic E-state index is 0.247. The lowest BCUT2D eigenvalue weighted by molar-refractivity contribution is 0.0299. The molecule has 2 atom stereocenters. The SMILES string of the molecule is CC1CCCC1NCCN(C)C(=O)OC(C)(C)C. The molecule has 1 amide bonds. The zero-order chi connectivity index (χ0) is 13.8. The number of ether oxygens (including phenoxy) is 1. The highest BCUT2D eigenvalue weighted by Gasteiger charge is 2.23. The highest BCUT2D eigenvalue weighted by molar-refractivity contribution is 5.67. The van der Waals surface area contributed by atoms with Gasteiger partial charge in [0.1, 0.15) is 5.60 Å². The summed E-state index contributed by atoms with van der Waals surface area (Å²) in [6, 6.07) is 0.622. The maximum absolute atomic E-state index is 11.7. The number of nitrogens with one attached hydrogen (secondary N) is 1. The van der Waals surface area contributed by atoms with E-state index in [-0.39, 0.29) is 6.09 Å². The number of hydrogen-bond donors (Lipinski definition) is 1. The molecular formula is C14H28N2O2. The molecule has 1 saturated carbocycles. The number of rotatable bonds is 4. The number of carbonyl (C=O) groups excluding carboxylic acids is 1. The number of amides is 1. The molecule has 18 heavy (non-hydrogen) atoms.